The second-order valence-corrected chi connectivity index (χ2v) is 8.97. The van der Waals surface area contributed by atoms with Crippen LogP contribution < -0.4 is 10.2 Å². The molecule has 0 N–H and O–H groups in total. The molecule has 1 aliphatic heterocycles. The third-order valence-corrected chi connectivity index (χ3v) is 4.89. The maximum Gasteiger partial charge on any atom is 0.402 e. The zero-order valence-corrected chi connectivity index (χ0v) is 26.3. The number of alkyl halides is 2. The molecule has 39 heavy (non-hydrogen) atoms. The molecule has 0 aliphatic carbocycles. The molecule has 0 fully saturated rings. The fourth-order valence-electron chi connectivity index (χ4n) is 3.56. The van der Waals surface area contributed by atoms with Gasteiger partial charge < -0.3 is 9.30 Å². The lowest BCUT2D eigenvalue weighted by Crippen LogP contribution is -2.20. The van der Waals surface area contributed by atoms with Crippen molar-refractivity contribution >= 4 is 16.9 Å². The van der Waals surface area contributed by atoms with Crippen molar-refractivity contribution in [1.82, 2.24) is 4.57 Å². The van der Waals surface area contributed by atoms with Crippen molar-refractivity contribution in [2.24, 2.45) is 5.92 Å². The van der Waals surface area contributed by atoms with Crippen LogP contribution in [0, 0.1) is 5.92 Å². The van der Waals surface area contributed by atoms with E-state index in [1.165, 1.54) is 19.1 Å². The molecule has 2 heterocycles. The van der Waals surface area contributed by atoms with E-state index in [2.05, 4.69) is 27.4 Å². The number of benzene rings is 1. The summed E-state index contributed by atoms with van der Waals surface area (Å²) < 4.78 is 33.9. The molecule has 0 spiro atoms. The average Bonchev–Trinajstić information content (AvgIpc) is 3.21. The quantitative estimate of drug-likeness (QED) is 0.267. The fourth-order valence-corrected chi connectivity index (χ4v) is 3.56. The topological polar surface area (TPSA) is 48.3 Å². The normalized spacial score (nSPS) is 12.5. The summed E-state index contributed by atoms with van der Waals surface area (Å²) in [6, 6.07) is 6.34. The second kappa shape index (κ2) is 19.1. The van der Waals surface area contributed by atoms with Gasteiger partial charge in [-0.15, -0.1) is 0 Å². The van der Waals surface area contributed by atoms with Gasteiger partial charge in [0.25, 0.3) is 0 Å². The van der Waals surface area contributed by atoms with Crippen molar-refractivity contribution in [3.05, 3.63) is 75.7 Å². The molecule has 0 atom stereocenters. The van der Waals surface area contributed by atoms with Crippen LogP contribution in [0.4, 0.5) is 8.78 Å². The van der Waals surface area contributed by atoms with Crippen LogP contribution in [0.2, 0.25) is 0 Å². The fraction of sp³-hybridized carbons (Fsp3) is 0.515. The van der Waals surface area contributed by atoms with Crippen LogP contribution in [0.15, 0.2) is 47.9 Å². The maximum absolute atomic E-state index is 13.7. The molecule has 3 rings (SSSR count). The number of aryl methyl sites for hydroxylation is 1. The number of ketones is 1. The van der Waals surface area contributed by atoms with Gasteiger partial charge in [-0.25, -0.2) is 0 Å². The number of halogens is 2. The van der Waals surface area contributed by atoms with Gasteiger partial charge >= 0.3 is 6.11 Å². The maximum atomic E-state index is 13.7. The van der Waals surface area contributed by atoms with Gasteiger partial charge in [-0.3, -0.25) is 9.59 Å². The Bertz CT molecular complexity index is 1130. The van der Waals surface area contributed by atoms with Gasteiger partial charge in [-0.2, -0.15) is 8.78 Å². The van der Waals surface area contributed by atoms with Crippen LogP contribution in [0.3, 0.4) is 0 Å². The molecule has 6 heteroatoms. The van der Waals surface area contributed by atoms with E-state index in [-0.39, 0.29) is 22.5 Å². The van der Waals surface area contributed by atoms with Crippen molar-refractivity contribution in [2.75, 3.05) is 0 Å². The molecule has 0 saturated carbocycles. The number of Topliss-reactive ketones (excluding diaryl/α,β-unsaturated/α-hetero) is 1. The smallest absolute Gasteiger partial charge is 0.402 e. The minimum atomic E-state index is -3.22. The summed E-state index contributed by atoms with van der Waals surface area (Å²) in [4.78, 5) is 24.1. The Morgan fingerprint density at radius 3 is 2.10 bits per heavy atom. The van der Waals surface area contributed by atoms with Gasteiger partial charge in [0.15, 0.2) is 11.2 Å². The van der Waals surface area contributed by atoms with Crippen LogP contribution in [0.1, 0.15) is 117 Å². The number of fused-ring (bicyclic) bond motifs is 1. The monoisotopic (exact) mass is 547 g/mol. The molecular weight excluding hydrogens is 496 g/mol. The third kappa shape index (κ3) is 12.1. The van der Waals surface area contributed by atoms with Crippen LogP contribution in [0.5, 0.6) is 5.75 Å². The van der Waals surface area contributed by atoms with Crippen LogP contribution in [-0.4, -0.2) is 16.5 Å². The molecule has 0 saturated heterocycles. The number of allylic oxidation sites excluding steroid dienone is 3. The molecule has 0 unspecified atom stereocenters. The first-order valence-electron chi connectivity index (χ1n) is 14.2. The molecule has 1 aromatic carbocycles. The van der Waals surface area contributed by atoms with E-state index < -0.39 is 12.5 Å². The highest BCUT2D eigenvalue weighted by Crippen LogP contribution is 2.41. The summed E-state index contributed by atoms with van der Waals surface area (Å²) in [5.41, 5.74) is 2.78. The van der Waals surface area contributed by atoms with Crippen LogP contribution >= 0.6 is 0 Å². The van der Waals surface area contributed by atoms with Crippen molar-refractivity contribution < 1.29 is 18.3 Å². The molecule has 0 radical (unpaired) electrons. The van der Waals surface area contributed by atoms with E-state index in [4.69, 9.17) is 4.74 Å². The van der Waals surface area contributed by atoms with E-state index in [0.717, 1.165) is 17.9 Å². The zero-order chi connectivity index (χ0) is 30.9. The van der Waals surface area contributed by atoms with Crippen molar-refractivity contribution in [1.29, 1.82) is 0 Å². The van der Waals surface area contributed by atoms with Crippen LogP contribution in [0.25, 0.3) is 11.1 Å². The second-order valence-electron chi connectivity index (χ2n) is 8.97. The van der Waals surface area contributed by atoms with Gasteiger partial charge in [0.05, 0.1) is 12.0 Å². The number of hydrogen-bond acceptors (Lipinski definition) is 3. The standard InChI is InChI=1S/C23H23F2NO3.C4H10.3C2H6/c1-5-9-26-13-19(16(4)27)21(28)11-20(26)15(3)10-14(2)17-7-6-8-22-18(17)12-23(24,25)29-22;1-4(2)3;3*1-2/h6-8,10-11,13H,2,5,9,12H2,1,3-4H3;4H,1-3H3;3*1-2H3/b15-10+;;;;. The van der Waals surface area contributed by atoms with E-state index in [1.807, 2.05) is 60.0 Å². The van der Waals surface area contributed by atoms with Gasteiger partial charge in [0.1, 0.15) is 5.75 Å². The lowest BCUT2D eigenvalue weighted by atomic mass is 9.96. The van der Waals surface area contributed by atoms with E-state index in [9.17, 15) is 18.4 Å². The van der Waals surface area contributed by atoms with Gasteiger partial charge in [0.2, 0.25) is 0 Å². The molecule has 1 aromatic heterocycles. The molecule has 220 valence electrons. The van der Waals surface area contributed by atoms with Crippen molar-refractivity contribution in [3.8, 4) is 5.75 Å². The third-order valence-electron chi connectivity index (χ3n) is 4.89. The van der Waals surface area contributed by atoms with Gasteiger partial charge in [-0.1, -0.05) is 87.9 Å². The largest absolute Gasteiger partial charge is 0.432 e. The van der Waals surface area contributed by atoms with Gasteiger partial charge in [0, 0.05) is 30.1 Å². The minimum Gasteiger partial charge on any atom is -0.432 e. The lowest BCUT2D eigenvalue weighted by molar-refractivity contribution is -0.159. The SMILES string of the molecule is C=C(/C=C(\C)c1cc(=O)c(C(C)=O)cn1CCC)c1cccc2c1CC(F)(F)O2.CC.CC.CC.CC(C)C. The minimum absolute atomic E-state index is 0.147. The van der Waals surface area contributed by atoms with Crippen molar-refractivity contribution in [3.63, 3.8) is 0 Å². The van der Waals surface area contributed by atoms with E-state index in [1.54, 1.807) is 24.4 Å². The number of nitrogens with zero attached hydrogens (tertiary/aromatic N) is 1. The van der Waals surface area contributed by atoms with Crippen molar-refractivity contribution in [2.45, 2.75) is 109 Å². The van der Waals surface area contributed by atoms with E-state index >= 15 is 0 Å². The lowest BCUT2D eigenvalue weighted by Gasteiger charge is -2.15. The number of aromatic nitrogens is 1. The first-order valence-corrected chi connectivity index (χ1v) is 14.2. The van der Waals surface area contributed by atoms with E-state index in [0.29, 0.717) is 28.9 Å². The van der Waals surface area contributed by atoms with Crippen LogP contribution in [-0.2, 0) is 13.0 Å². The molecular formula is C33H51F2NO3. The Labute approximate surface area is 235 Å². The predicted molar refractivity (Wildman–Crippen MR) is 164 cm³/mol. The summed E-state index contributed by atoms with van der Waals surface area (Å²) in [6.45, 7) is 28.4. The number of ether oxygens (including phenoxy) is 1. The Morgan fingerprint density at radius 1 is 1.08 bits per heavy atom. The predicted octanol–water partition coefficient (Wildman–Crippen LogP) is 9.85. The van der Waals surface area contributed by atoms with Gasteiger partial charge in [-0.05, 0) is 55.0 Å². The Morgan fingerprint density at radius 2 is 1.62 bits per heavy atom. The highest BCUT2D eigenvalue weighted by molar-refractivity contribution is 5.94. The summed E-state index contributed by atoms with van der Waals surface area (Å²) in [5, 5.41) is 0. The Kier molecular flexibility index (Phi) is 18.7. The summed E-state index contributed by atoms with van der Waals surface area (Å²) >= 11 is 0. The molecule has 2 aromatic rings. The Balaban J connectivity index is 0. The molecule has 1 aliphatic rings. The molecule has 0 bridgehead atoms. The number of carbonyl (C=O) groups excluding carboxylic acids is 1. The zero-order valence-electron chi connectivity index (χ0n) is 26.3. The number of pyridine rings is 1. The first kappa shape index (κ1) is 38.1. The molecule has 0 amide bonds. The highest BCUT2D eigenvalue weighted by Gasteiger charge is 2.41. The number of carbonyl (C=O) groups is 1. The summed E-state index contributed by atoms with van der Waals surface area (Å²) in [6.07, 6.45) is 0.443. The summed E-state index contributed by atoms with van der Waals surface area (Å²) in [5.74, 6) is 0.714. The first-order chi connectivity index (χ1) is 18.4. The summed E-state index contributed by atoms with van der Waals surface area (Å²) in [7, 11) is 0. The number of rotatable bonds is 6. The average molecular weight is 548 g/mol. The number of hydrogen-bond donors (Lipinski definition) is 0. The molecule has 4 nitrogen and oxygen atoms in total. The Hall–Kier alpha value is -3.02. The highest BCUT2D eigenvalue weighted by atomic mass is 19.3.